The fourth-order valence-corrected chi connectivity index (χ4v) is 3.15. The molecule has 0 aliphatic carbocycles. The Balaban J connectivity index is 1.65. The van der Waals surface area contributed by atoms with E-state index in [9.17, 15) is 9.59 Å². The van der Waals surface area contributed by atoms with E-state index in [0.717, 1.165) is 11.1 Å². The first-order chi connectivity index (χ1) is 13.5. The number of halogens is 1. The van der Waals surface area contributed by atoms with E-state index in [0.29, 0.717) is 48.3 Å². The highest BCUT2D eigenvalue weighted by Gasteiger charge is 2.21. The molecular weight excluding hydrogens is 380 g/mol. The zero-order valence-electron chi connectivity index (χ0n) is 16.0. The molecule has 1 saturated heterocycles. The second-order valence-electron chi connectivity index (χ2n) is 6.66. The second-order valence-corrected chi connectivity index (χ2v) is 7.04. The van der Waals surface area contributed by atoms with E-state index in [1.807, 2.05) is 13.8 Å². The second kappa shape index (κ2) is 9.08. The number of carbonyl (C=O) groups is 2. The molecule has 28 heavy (non-hydrogen) atoms. The molecule has 7 heteroatoms. The van der Waals surface area contributed by atoms with Crippen LogP contribution in [-0.2, 0) is 9.53 Å². The van der Waals surface area contributed by atoms with Crippen LogP contribution in [0, 0.1) is 13.8 Å². The lowest BCUT2D eigenvalue weighted by Gasteiger charge is -2.27. The SMILES string of the molecule is Cc1cc(OCC(=O)Nc2ccccc2C(=O)N2CCOCC2)cc(C)c1Cl. The van der Waals surface area contributed by atoms with Crippen LogP contribution in [0.4, 0.5) is 5.69 Å². The largest absolute Gasteiger partial charge is 0.484 e. The number of hydrogen-bond acceptors (Lipinski definition) is 4. The van der Waals surface area contributed by atoms with E-state index in [1.165, 1.54) is 0 Å². The third kappa shape index (κ3) is 4.82. The van der Waals surface area contributed by atoms with Gasteiger partial charge >= 0.3 is 0 Å². The summed E-state index contributed by atoms with van der Waals surface area (Å²) < 4.78 is 10.9. The molecule has 1 aliphatic heterocycles. The quantitative estimate of drug-likeness (QED) is 0.831. The molecule has 1 aliphatic rings. The number of anilines is 1. The number of aryl methyl sites for hydroxylation is 2. The molecule has 0 radical (unpaired) electrons. The Morgan fingerprint density at radius 1 is 1.14 bits per heavy atom. The highest BCUT2D eigenvalue weighted by Crippen LogP contribution is 2.26. The van der Waals surface area contributed by atoms with Gasteiger partial charge in [-0.25, -0.2) is 0 Å². The third-order valence-corrected chi connectivity index (χ3v) is 5.11. The monoisotopic (exact) mass is 402 g/mol. The van der Waals surface area contributed by atoms with Crippen molar-refractivity contribution in [2.75, 3.05) is 38.2 Å². The van der Waals surface area contributed by atoms with Gasteiger partial charge in [0.1, 0.15) is 5.75 Å². The van der Waals surface area contributed by atoms with Gasteiger partial charge in [-0.05, 0) is 49.2 Å². The summed E-state index contributed by atoms with van der Waals surface area (Å²) in [6.07, 6.45) is 0. The molecule has 6 nitrogen and oxygen atoms in total. The molecule has 2 amide bonds. The minimum Gasteiger partial charge on any atom is -0.484 e. The molecule has 148 valence electrons. The summed E-state index contributed by atoms with van der Waals surface area (Å²) in [6.45, 7) is 5.73. The van der Waals surface area contributed by atoms with E-state index in [1.54, 1.807) is 41.3 Å². The normalized spacial score (nSPS) is 13.9. The van der Waals surface area contributed by atoms with E-state index in [-0.39, 0.29) is 18.4 Å². The summed E-state index contributed by atoms with van der Waals surface area (Å²) in [4.78, 5) is 26.9. The number of morpholine rings is 1. The first-order valence-corrected chi connectivity index (χ1v) is 9.49. The van der Waals surface area contributed by atoms with E-state index < -0.39 is 0 Å². The molecule has 0 spiro atoms. The van der Waals surface area contributed by atoms with Gasteiger partial charge in [-0.1, -0.05) is 23.7 Å². The number of para-hydroxylation sites is 1. The minimum absolute atomic E-state index is 0.121. The molecule has 2 aromatic carbocycles. The predicted octanol–water partition coefficient (Wildman–Crippen LogP) is 3.45. The number of rotatable bonds is 5. The topological polar surface area (TPSA) is 67.9 Å². The summed E-state index contributed by atoms with van der Waals surface area (Å²) in [6, 6.07) is 10.6. The standard InChI is InChI=1S/C21H23ClN2O4/c1-14-11-16(12-15(2)20(14)22)28-13-19(25)23-18-6-4-3-5-17(18)21(26)24-7-9-27-10-8-24/h3-6,11-12H,7-10,13H2,1-2H3,(H,23,25). The maximum atomic E-state index is 12.8. The third-order valence-electron chi connectivity index (χ3n) is 4.51. The van der Waals surface area contributed by atoms with E-state index in [4.69, 9.17) is 21.1 Å². The number of hydrogen-bond donors (Lipinski definition) is 1. The number of carbonyl (C=O) groups excluding carboxylic acids is 2. The zero-order valence-corrected chi connectivity index (χ0v) is 16.7. The summed E-state index contributed by atoms with van der Waals surface area (Å²) in [5.74, 6) is 0.115. The number of ether oxygens (including phenoxy) is 2. The van der Waals surface area contributed by atoms with Crippen LogP contribution >= 0.6 is 11.6 Å². The lowest BCUT2D eigenvalue weighted by molar-refractivity contribution is -0.118. The Hall–Kier alpha value is -2.57. The van der Waals surface area contributed by atoms with Crippen LogP contribution in [0.5, 0.6) is 5.75 Å². The highest BCUT2D eigenvalue weighted by atomic mass is 35.5. The van der Waals surface area contributed by atoms with Crippen molar-refractivity contribution in [3.63, 3.8) is 0 Å². The van der Waals surface area contributed by atoms with Crippen LogP contribution in [0.3, 0.4) is 0 Å². The molecule has 3 rings (SSSR count). The van der Waals surface area contributed by atoms with Crippen molar-refractivity contribution in [2.45, 2.75) is 13.8 Å². The summed E-state index contributed by atoms with van der Waals surface area (Å²) in [5, 5.41) is 3.46. The van der Waals surface area contributed by atoms with Crippen molar-refractivity contribution in [1.82, 2.24) is 4.90 Å². The van der Waals surface area contributed by atoms with Crippen LogP contribution in [-0.4, -0.2) is 49.6 Å². The Morgan fingerprint density at radius 3 is 2.46 bits per heavy atom. The van der Waals surface area contributed by atoms with E-state index >= 15 is 0 Å². The molecular formula is C21H23ClN2O4. The summed E-state index contributed by atoms with van der Waals surface area (Å²) in [5.41, 5.74) is 2.70. The summed E-state index contributed by atoms with van der Waals surface area (Å²) in [7, 11) is 0. The average molecular weight is 403 g/mol. The molecule has 0 bridgehead atoms. The van der Waals surface area contributed by atoms with Crippen molar-refractivity contribution in [2.24, 2.45) is 0 Å². The molecule has 0 atom stereocenters. The molecule has 0 aromatic heterocycles. The number of nitrogens with one attached hydrogen (secondary N) is 1. The van der Waals surface area contributed by atoms with Gasteiger partial charge in [0.05, 0.1) is 24.5 Å². The Bertz CT molecular complexity index is 855. The van der Waals surface area contributed by atoms with Crippen LogP contribution in [0.2, 0.25) is 5.02 Å². The van der Waals surface area contributed by atoms with Gasteiger partial charge in [0.15, 0.2) is 6.61 Å². The van der Waals surface area contributed by atoms with Gasteiger partial charge in [0.25, 0.3) is 11.8 Å². The van der Waals surface area contributed by atoms with Gasteiger partial charge in [-0.15, -0.1) is 0 Å². The number of nitrogens with zero attached hydrogens (tertiary/aromatic N) is 1. The maximum Gasteiger partial charge on any atom is 0.262 e. The molecule has 2 aromatic rings. The van der Waals surface area contributed by atoms with Crippen LogP contribution in [0.25, 0.3) is 0 Å². The Labute approximate surface area is 169 Å². The lowest BCUT2D eigenvalue weighted by Crippen LogP contribution is -2.41. The number of amides is 2. The van der Waals surface area contributed by atoms with Gasteiger partial charge < -0.3 is 19.7 Å². The van der Waals surface area contributed by atoms with Crippen LogP contribution in [0.1, 0.15) is 21.5 Å². The average Bonchev–Trinajstić information content (AvgIpc) is 2.71. The number of benzene rings is 2. The fraction of sp³-hybridized carbons (Fsp3) is 0.333. The fourth-order valence-electron chi connectivity index (χ4n) is 3.04. The van der Waals surface area contributed by atoms with Gasteiger partial charge in [0, 0.05) is 18.1 Å². The first-order valence-electron chi connectivity index (χ1n) is 9.11. The van der Waals surface area contributed by atoms with Crippen molar-refractivity contribution < 1.29 is 19.1 Å². The molecule has 0 saturated carbocycles. The molecule has 1 N–H and O–H groups in total. The van der Waals surface area contributed by atoms with Gasteiger partial charge in [-0.3, -0.25) is 9.59 Å². The first kappa shape index (κ1) is 20.2. The van der Waals surface area contributed by atoms with E-state index in [2.05, 4.69) is 5.32 Å². The minimum atomic E-state index is -0.340. The van der Waals surface area contributed by atoms with Crippen molar-refractivity contribution in [3.05, 3.63) is 58.1 Å². The summed E-state index contributed by atoms with van der Waals surface area (Å²) >= 11 is 6.15. The molecule has 1 fully saturated rings. The van der Waals surface area contributed by atoms with Crippen molar-refractivity contribution >= 4 is 29.1 Å². The Kier molecular flexibility index (Phi) is 6.54. The van der Waals surface area contributed by atoms with Crippen molar-refractivity contribution in [1.29, 1.82) is 0 Å². The van der Waals surface area contributed by atoms with Crippen LogP contribution < -0.4 is 10.1 Å². The maximum absolute atomic E-state index is 12.8. The zero-order chi connectivity index (χ0) is 20.1. The van der Waals surface area contributed by atoms with Gasteiger partial charge in [0.2, 0.25) is 0 Å². The van der Waals surface area contributed by atoms with Gasteiger partial charge in [-0.2, -0.15) is 0 Å². The van der Waals surface area contributed by atoms with Crippen molar-refractivity contribution in [3.8, 4) is 5.75 Å². The molecule has 0 unspecified atom stereocenters. The van der Waals surface area contributed by atoms with Crippen LogP contribution in [0.15, 0.2) is 36.4 Å². The Morgan fingerprint density at radius 2 is 1.79 bits per heavy atom. The predicted molar refractivity (Wildman–Crippen MR) is 108 cm³/mol. The molecule has 1 heterocycles. The lowest BCUT2D eigenvalue weighted by atomic mass is 10.1. The highest BCUT2D eigenvalue weighted by molar-refractivity contribution is 6.32. The smallest absolute Gasteiger partial charge is 0.262 e.